The first-order valence-electron chi connectivity index (χ1n) is 5.21. The van der Waals surface area contributed by atoms with Gasteiger partial charge in [-0.25, -0.2) is 9.97 Å². The standard InChI is InChI=1S/C11H14N4/c1-15-6-3-9(4-7-15)10-2-5-13-11(8-12)14-10/h2,5,9H,3-4,6-7H2,1H3. The van der Waals surface area contributed by atoms with Crippen LogP contribution >= 0.6 is 0 Å². The lowest BCUT2D eigenvalue weighted by molar-refractivity contribution is 0.253. The molecular weight excluding hydrogens is 188 g/mol. The van der Waals surface area contributed by atoms with E-state index in [2.05, 4.69) is 21.9 Å². The van der Waals surface area contributed by atoms with Crippen LogP contribution in [0.2, 0.25) is 0 Å². The Kier molecular flexibility index (Phi) is 2.93. The first-order valence-corrected chi connectivity index (χ1v) is 5.21. The number of likely N-dealkylation sites (tertiary alicyclic amines) is 1. The Morgan fingerprint density at radius 1 is 1.47 bits per heavy atom. The molecule has 0 amide bonds. The molecule has 1 aromatic heterocycles. The third-order valence-electron chi connectivity index (χ3n) is 2.91. The smallest absolute Gasteiger partial charge is 0.232 e. The second-order valence-electron chi connectivity index (χ2n) is 3.99. The molecule has 1 aliphatic heterocycles. The average Bonchev–Trinajstić information content (AvgIpc) is 2.30. The number of rotatable bonds is 1. The molecule has 2 rings (SSSR count). The molecule has 1 fully saturated rings. The molecule has 0 atom stereocenters. The monoisotopic (exact) mass is 202 g/mol. The third-order valence-corrected chi connectivity index (χ3v) is 2.91. The maximum atomic E-state index is 8.72. The summed E-state index contributed by atoms with van der Waals surface area (Å²) in [4.78, 5) is 10.5. The normalized spacial score (nSPS) is 18.7. The van der Waals surface area contributed by atoms with Crippen LogP contribution in [0.1, 0.15) is 30.3 Å². The van der Waals surface area contributed by atoms with Gasteiger partial charge >= 0.3 is 0 Å². The highest BCUT2D eigenvalue weighted by atomic mass is 15.1. The average molecular weight is 202 g/mol. The van der Waals surface area contributed by atoms with Crippen molar-refractivity contribution < 1.29 is 0 Å². The second kappa shape index (κ2) is 4.37. The van der Waals surface area contributed by atoms with Crippen molar-refractivity contribution in [1.29, 1.82) is 5.26 Å². The molecule has 1 saturated heterocycles. The van der Waals surface area contributed by atoms with Crippen LogP contribution in [0, 0.1) is 11.3 Å². The highest BCUT2D eigenvalue weighted by Crippen LogP contribution is 2.25. The van der Waals surface area contributed by atoms with Gasteiger partial charge in [-0.1, -0.05) is 0 Å². The van der Waals surface area contributed by atoms with Crippen LogP contribution in [0.5, 0.6) is 0 Å². The van der Waals surface area contributed by atoms with Crippen LogP contribution in [0.15, 0.2) is 12.3 Å². The lowest BCUT2D eigenvalue weighted by atomic mass is 9.93. The zero-order valence-electron chi connectivity index (χ0n) is 8.85. The van der Waals surface area contributed by atoms with E-state index in [-0.39, 0.29) is 5.82 Å². The van der Waals surface area contributed by atoms with E-state index < -0.39 is 0 Å². The Bertz CT molecular complexity index is 374. The summed E-state index contributed by atoms with van der Waals surface area (Å²) in [5.41, 5.74) is 1.02. The van der Waals surface area contributed by atoms with E-state index in [0.29, 0.717) is 5.92 Å². The van der Waals surface area contributed by atoms with Crippen molar-refractivity contribution in [2.75, 3.05) is 20.1 Å². The molecule has 0 radical (unpaired) electrons. The number of nitriles is 1. The molecule has 0 N–H and O–H groups in total. The molecule has 4 heteroatoms. The van der Waals surface area contributed by atoms with Crippen molar-refractivity contribution >= 4 is 0 Å². The van der Waals surface area contributed by atoms with E-state index in [1.807, 2.05) is 12.1 Å². The predicted octanol–water partition coefficient (Wildman–Crippen LogP) is 1.16. The molecule has 0 bridgehead atoms. The van der Waals surface area contributed by atoms with E-state index in [1.165, 1.54) is 0 Å². The summed E-state index contributed by atoms with van der Waals surface area (Å²) in [5, 5.41) is 8.72. The second-order valence-corrected chi connectivity index (χ2v) is 3.99. The van der Waals surface area contributed by atoms with Crippen LogP contribution in [-0.2, 0) is 0 Å². The maximum absolute atomic E-state index is 8.72. The topological polar surface area (TPSA) is 52.8 Å². The predicted molar refractivity (Wildman–Crippen MR) is 56.2 cm³/mol. The fourth-order valence-electron chi connectivity index (χ4n) is 1.96. The first kappa shape index (κ1) is 10.1. The van der Waals surface area contributed by atoms with E-state index in [0.717, 1.165) is 31.6 Å². The van der Waals surface area contributed by atoms with E-state index in [1.54, 1.807) is 6.20 Å². The van der Waals surface area contributed by atoms with Crippen molar-refractivity contribution in [3.05, 3.63) is 23.8 Å². The van der Waals surface area contributed by atoms with Crippen LogP contribution in [-0.4, -0.2) is 35.0 Å². The molecule has 2 heterocycles. The zero-order chi connectivity index (χ0) is 10.7. The Labute approximate surface area is 89.6 Å². The molecule has 4 nitrogen and oxygen atoms in total. The number of nitrogens with zero attached hydrogens (tertiary/aromatic N) is 4. The van der Waals surface area contributed by atoms with Gasteiger partial charge < -0.3 is 4.90 Å². The summed E-state index contributed by atoms with van der Waals surface area (Å²) < 4.78 is 0. The van der Waals surface area contributed by atoms with Gasteiger partial charge in [0, 0.05) is 17.8 Å². The van der Waals surface area contributed by atoms with E-state index in [4.69, 9.17) is 5.26 Å². The molecule has 78 valence electrons. The minimum absolute atomic E-state index is 0.284. The van der Waals surface area contributed by atoms with Crippen LogP contribution in [0.4, 0.5) is 0 Å². The first-order chi connectivity index (χ1) is 7.29. The number of piperidine rings is 1. The molecule has 1 aliphatic rings. The summed E-state index contributed by atoms with van der Waals surface area (Å²) in [6, 6.07) is 3.91. The van der Waals surface area contributed by atoms with Gasteiger partial charge in [0.2, 0.25) is 5.82 Å². The van der Waals surface area contributed by atoms with Gasteiger partial charge in [0.25, 0.3) is 0 Å². The quantitative estimate of drug-likeness (QED) is 0.685. The minimum Gasteiger partial charge on any atom is -0.306 e. The largest absolute Gasteiger partial charge is 0.306 e. The van der Waals surface area contributed by atoms with Crippen molar-refractivity contribution in [2.24, 2.45) is 0 Å². The maximum Gasteiger partial charge on any atom is 0.232 e. The van der Waals surface area contributed by atoms with Gasteiger partial charge in [-0.05, 0) is 39.0 Å². The lowest BCUT2D eigenvalue weighted by Crippen LogP contribution is -2.29. The number of aromatic nitrogens is 2. The molecule has 0 aliphatic carbocycles. The Hall–Kier alpha value is -1.47. The van der Waals surface area contributed by atoms with Gasteiger partial charge in [-0.2, -0.15) is 5.26 Å². The van der Waals surface area contributed by atoms with Crippen molar-refractivity contribution in [1.82, 2.24) is 14.9 Å². The Morgan fingerprint density at radius 2 is 2.20 bits per heavy atom. The fraction of sp³-hybridized carbons (Fsp3) is 0.545. The van der Waals surface area contributed by atoms with Gasteiger partial charge in [0.1, 0.15) is 6.07 Å². The Morgan fingerprint density at radius 3 is 2.87 bits per heavy atom. The van der Waals surface area contributed by atoms with Crippen LogP contribution < -0.4 is 0 Å². The van der Waals surface area contributed by atoms with Crippen molar-refractivity contribution in [2.45, 2.75) is 18.8 Å². The van der Waals surface area contributed by atoms with E-state index >= 15 is 0 Å². The fourth-order valence-corrected chi connectivity index (χ4v) is 1.96. The number of hydrogen-bond donors (Lipinski definition) is 0. The summed E-state index contributed by atoms with van der Waals surface area (Å²) in [5.74, 6) is 0.780. The van der Waals surface area contributed by atoms with Crippen LogP contribution in [0.3, 0.4) is 0 Å². The molecular formula is C11H14N4. The molecule has 0 saturated carbocycles. The molecule has 0 unspecified atom stereocenters. The summed E-state index contributed by atoms with van der Waals surface area (Å²) >= 11 is 0. The summed E-state index contributed by atoms with van der Waals surface area (Å²) in [6.07, 6.45) is 3.93. The Balaban J connectivity index is 2.12. The van der Waals surface area contributed by atoms with Crippen LogP contribution in [0.25, 0.3) is 0 Å². The molecule has 1 aromatic rings. The van der Waals surface area contributed by atoms with Gasteiger partial charge in [0.05, 0.1) is 0 Å². The highest BCUT2D eigenvalue weighted by Gasteiger charge is 2.19. The van der Waals surface area contributed by atoms with Gasteiger partial charge in [-0.3, -0.25) is 0 Å². The SMILES string of the molecule is CN1CCC(c2ccnc(C#N)n2)CC1. The zero-order valence-corrected chi connectivity index (χ0v) is 8.85. The van der Waals surface area contributed by atoms with Gasteiger partial charge in [-0.15, -0.1) is 0 Å². The number of hydrogen-bond acceptors (Lipinski definition) is 4. The van der Waals surface area contributed by atoms with Crippen molar-refractivity contribution in [3.63, 3.8) is 0 Å². The lowest BCUT2D eigenvalue weighted by Gasteiger charge is -2.28. The third kappa shape index (κ3) is 2.31. The molecule has 0 aromatic carbocycles. The summed E-state index contributed by atoms with van der Waals surface area (Å²) in [7, 11) is 2.14. The minimum atomic E-state index is 0.284. The highest BCUT2D eigenvalue weighted by molar-refractivity contribution is 5.16. The summed E-state index contributed by atoms with van der Waals surface area (Å²) in [6.45, 7) is 2.22. The van der Waals surface area contributed by atoms with Crippen molar-refractivity contribution in [3.8, 4) is 6.07 Å². The molecule has 15 heavy (non-hydrogen) atoms. The van der Waals surface area contributed by atoms with Gasteiger partial charge in [0.15, 0.2) is 0 Å². The molecule has 0 spiro atoms. The van der Waals surface area contributed by atoms with E-state index in [9.17, 15) is 0 Å².